The minimum Gasteiger partial charge on any atom is -0.506 e. The van der Waals surface area contributed by atoms with Crippen LogP contribution in [0.1, 0.15) is 22.6 Å². The third-order valence-electron chi connectivity index (χ3n) is 2.55. The smallest absolute Gasteiger partial charge is 0.312 e. The molecule has 4 N–H and O–H groups in total. The number of carboxylic acids is 1. The molecule has 5 heteroatoms. The number of aromatic hydroxyl groups is 1. The van der Waals surface area contributed by atoms with Crippen LogP contribution in [0.3, 0.4) is 0 Å². The van der Waals surface area contributed by atoms with E-state index in [0.717, 1.165) is 11.1 Å². The molecule has 0 aromatic heterocycles. The highest BCUT2D eigenvalue weighted by molar-refractivity contribution is 9.10. The molecule has 88 valence electrons. The first-order valence-electron chi connectivity index (χ1n) is 4.81. The maximum atomic E-state index is 11.0. The van der Waals surface area contributed by atoms with Gasteiger partial charge in [0.25, 0.3) is 0 Å². The Morgan fingerprint density at radius 3 is 2.50 bits per heavy atom. The van der Waals surface area contributed by atoms with Gasteiger partial charge in [-0.2, -0.15) is 0 Å². The van der Waals surface area contributed by atoms with E-state index in [9.17, 15) is 9.90 Å². The number of halogens is 1. The van der Waals surface area contributed by atoms with Crippen molar-refractivity contribution >= 4 is 21.9 Å². The van der Waals surface area contributed by atoms with Crippen LogP contribution in [-0.2, 0) is 4.79 Å². The summed E-state index contributed by atoms with van der Waals surface area (Å²) in [6.07, 6.45) is 0. The van der Waals surface area contributed by atoms with Crippen molar-refractivity contribution in [3.05, 3.63) is 27.2 Å². The summed E-state index contributed by atoms with van der Waals surface area (Å²) in [5.74, 6) is -1.94. The number of phenolic OH excluding ortho intramolecular Hbond substituents is 1. The van der Waals surface area contributed by atoms with Crippen molar-refractivity contribution in [2.45, 2.75) is 19.8 Å². The fourth-order valence-corrected chi connectivity index (χ4v) is 2.07. The lowest BCUT2D eigenvalue weighted by atomic mass is 9.92. The number of aryl methyl sites for hydroxylation is 2. The summed E-state index contributed by atoms with van der Waals surface area (Å²) in [7, 11) is 0. The molecule has 0 saturated heterocycles. The average Bonchev–Trinajstić information content (AvgIpc) is 2.20. The molecular weight excluding hydrogens is 274 g/mol. The van der Waals surface area contributed by atoms with Crippen LogP contribution in [0.2, 0.25) is 0 Å². The van der Waals surface area contributed by atoms with Gasteiger partial charge in [0.1, 0.15) is 5.75 Å². The van der Waals surface area contributed by atoms with Gasteiger partial charge in [-0.3, -0.25) is 4.79 Å². The molecule has 16 heavy (non-hydrogen) atoms. The Morgan fingerprint density at radius 2 is 2.06 bits per heavy atom. The molecule has 0 aliphatic rings. The lowest BCUT2D eigenvalue weighted by Crippen LogP contribution is -2.22. The van der Waals surface area contributed by atoms with Crippen LogP contribution in [0.25, 0.3) is 0 Å². The van der Waals surface area contributed by atoms with Gasteiger partial charge < -0.3 is 15.9 Å². The van der Waals surface area contributed by atoms with Crippen LogP contribution in [0, 0.1) is 13.8 Å². The molecule has 0 fully saturated rings. The highest BCUT2D eigenvalue weighted by atomic mass is 79.9. The molecule has 4 nitrogen and oxygen atoms in total. The van der Waals surface area contributed by atoms with Crippen molar-refractivity contribution in [1.82, 2.24) is 0 Å². The van der Waals surface area contributed by atoms with E-state index < -0.39 is 11.9 Å². The van der Waals surface area contributed by atoms with Gasteiger partial charge in [0, 0.05) is 12.1 Å². The Balaban J connectivity index is 3.43. The summed E-state index contributed by atoms with van der Waals surface area (Å²) in [4.78, 5) is 11.0. The molecule has 0 saturated carbocycles. The fourth-order valence-electron chi connectivity index (χ4n) is 1.74. The first kappa shape index (κ1) is 13.0. The van der Waals surface area contributed by atoms with Crippen molar-refractivity contribution in [1.29, 1.82) is 0 Å². The van der Waals surface area contributed by atoms with E-state index >= 15 is 0 Å². The number of phenols is 1. The van der Waals surface area contributed by atoms with Crippen LogP contribution in [0.5, 0.6) is 5.75 Å². The summed E-state index contributed by atoms with van der Waals surface area (Å²) >= 11 is 3.23. The van der Waals surface area contributed by atoms with Crippen LogP contribution < -0.4 is 5.73 Å². The fraction of sp³-hybridized carbons (Fsp3) is 0.364. The third kappa shape index (κ3) is 2.20. The number of nitrogens with two attached hydrogens (primary N) is 1. The van der Waals surface area contributed by atoms with Crippen molar-refractivity contribution < 1.29 is 15.0 Å². The number of carboxylic acid groups (broad SMARTS) is 1. The van der Waals surface area contributed by atoms with Crippen molar-refractivity contribution in [2.75, 3.05) is 6.54 Å². The molecule has 1 unspecified atom stereocenters. The van der Waals surface area contributed by atoms with Gasteiger partial charge in [-0.15, -0.1) is 0 Å². The Labute approximate surface area is 102 Å². The summed E-state index contributed by atoms with van der Waals surface area (Å²) < 4.78 is 0.521. The second-order valence-electron chi connectivity index (χ2n) is 3.71. The zero-order valence-corrected chi connectivity index (χ0v) is 10.7. The minimum atomic E-state index is -1.03. The molecule has 0 aliphatic carbocycles. The molecule has 0 bridgehead atoms. The maximum absolute atomic E-state index is 11.0. The second-order valence-corrected chi connectivity index (χ2v) is 4.51. The second kappa shape index (κ2) is 4.84. The number of hydrogen-bond acceptors (Lipinski definition) is 3. The van der Waals surface area contributed by atoms with Crippen LogP contribution in [-0.4, -0.2) is 22.7 Å². The highest BCUT2D eigenvalue weighted by Gasteiger charge is 2.25. The minimum absolute atomic E-state index is 0.0321. The first-order valence-corrected chi connectivity index (χ1v) is 5.60. The first-order chi connectivity index (χ1) is 7.40. The molecule has 0 amide bonds. The number of carbonyl (C=O) groups is 1. The standard InChI is InChI=1S/C11H14BrNO3/c1-5-3-6(2)9(12)10(14)8(5)7(4-13)11(15)16/h3,7,14H,4,13H2,1-2H3,(H,15,16). The zero-order valence-electron chi connectivity index (χ0n) is 9.12. The molecule has 1 aromatic carbocycles. The third-order valence-corrected chi connectivity index (χ3v) is 3.55. The summed E-state index contributed by atoms with van der Waals surface area (Å²) in [6, 6.07) is 1.82. The largest absolute Gasteiger partial charge is 0.506 e. The van der Waals surface area contributed by atoms with Crippen molar-refractivity contribution in [2.24, 2.45) is 5.73 Å². The Hall–Kier alpha value is -1.07. The van der Waals surface area contributed by atoms with Gasteiger partial charge in [-0.1, -0.05) is 6.07 Å². The van der Waals surface area contributed by atoms with Gasteiger partial charge >= 0.3 is 5.97 Å². The predicted molar refractivity (Wildman–Crippen MR) is 64.7 cm³/mol. The van der Waals surface area contributed by atoms with Crippen LogP contribution in [0.15, 0.2) is 10.5 Å². The van der Waals surface area contributed by atoms with E-state index in [4.69, 9.17) is 10.8 Å². The average molecular weight is 288 g/mol. The molecular formula is C11H14BrNO3. The van der Waals surface area contributed by atoms with E-state index in [1.807, 2.05) is 13.0 Å². The molecule has 0 heterocycles. The van der Waals surface area contributed by atoms with Crippen molar-refractivity contribution in [3.8, 4) is 5.75 Å². The summed E-state index contributed by atoms with van der Waals surface area (Å²) in [5, 5.41) is 19.0. The number of benzene rings is 1. The molecule has 0 radical (unpaired) electrons. The van der Waals surface area contributed by atoms with Gasteiger partial charge in [-0.05, 0) is 40.9 Å². The number of aliphatic carboxylic acids is 1. The van der Waals surface area contributed by atoms with Gasteiger partial charge in [0.15, 0.2) is 0 Å². The monoisotopic (exact) mass is 287 g/mol. The molecule has 1 rings (SSSR count). The quantitative estimate of drug-likeness (QED) is 0.793. The maximum Gasteiger partial charge on any atom is 0.312 e. The zero-order chi connectivity index (χ0) is 12.5. The van der Waals surface area contributed by atoms with E-state index in [-0.39, 0.29) is 12.3 Å². The number of rotatable bonds is 3. The Kier molecular flexibility index (Phi) is 3.93. The van der Waals surface area contributed by atoms with E-state index in [1.165, 1.54) is 0 Å². The Bertz CT molecular complexity index is 432. The number of hydrogen-bond donors (Lipinski definition) is 3. The van der Waals surface area contributed by atoms with Gasteiger partial charge in [-0.25, -0.2) is 0 Å². The summed E-state index contributed by atoms with van der Waals surface area (Å²) in [6.45, 7) is 3.55. The normalized spacial score (nSPS) is 12.5. The van der Waals surface area contributed by atoms with Crippen LogP contribution in [0.4, 0.5) is 0 Å². The SMILES string of the molecule is Cc1cc(C)c(C(CN)C(=O)O)c(O)c1Br. The van der Waals surface area contributed by atoms with Crippen molar-refractivity contribution in [3.63, 3.8) is 0 Å². The van der Waals surface area contributed by atoms with E-state index in [1.54, 1.807) is 6.92 Å². The Morgan fingerprint density at radius 1 is 1.50 bits per heavy atom. The van der Waals surface area contributed by atoms with E-state index in [2.05, 4.69) is 15.9 Å². The van der Waals surface area contributed by atoms with Gasteiger partial charge in [0.05, 0.1) is 10.4 Å². The molecule has 1 aromatic rings. The molecule has 0 aliphatic heterocycles. The predicted octanol–water partition coefficient (Wildman–Crippen LogP) is 1.90. The molecule has 1 atom stereocenters. The van der Waals surface area contributed by atoms with Crippen LogP contribution >= 0.6 is 15.9 Å². The van der Waals surface area contributed by atoms with Gasteiger partial charge in [0.2, 0.25) is 0 Å². The topological polar surface area (TPSA) is 83.6 Å². The highest BCUT2D eigenvalue weighted by Crippen LogP contribution is 2.37. The summed E-state index contributed by atoms with van der Waals surface area (Å²) in [5.41, 5.74) is 7.40. The van der Waals surface area contributed by atoms with E-state index in [0.29, 0.717) is 10.0 Å². The lowest BCUT2D eigenvalue weighted by Gasteiger charge is -2.17. The molecule has 0 spiro atoms. The lowest BCUT2D eigenvalue weighted by molar-refractivity contribution is -0.138.